The van der Waals surface area contributed by atoms with Gasteiger partial charge in [0.2, 0.25) is 0 Å². The van der Waals surface area contributed by atoms with Gasteiger partial charge in [-0.05, 0) is 24.8 Å². The van der Waals surface area contributed by atoms with E-state index in [2.05, 4.69) is 10.3 Å². The molecular formula is C11H14FN3. The van der Waals surface area contributed by atoms with Crippen LogP contribution in [0.5, 0.6) is 0 Å². The molecule has 0 aliphatic heterocycles. The third-order valence-corrected chi connectivity index (χ3v) is 2.47. The highest BCUT2D eigenvalue weighted by molar-refractivity contribution is 5.62. The summed E-state index contributed by atoms with van der Waals surface area (Å²) in [6.07, 6.45) is 6.78. The van der Waals surface area contributed by atoms with Crippen LogP contribution in [0.1, 0.15) is 38.3 Å². The SMILES string of the molecule is CC(C)c1cnnn1C1=CCCC=C1F. The van der Waals surface area contributed by atoms with E-state index < -0.39 is 0 Å². The topological polar surface area (TPSA) is 30.7 Å². The molecular weight excluding hydrogens is 193 g/mol. The lowest BCUT2D eigenvalue weighted by atomic mass is 10.1. The van der Waals surface area contributed by atoms with Crippen molar-refractivity contribution >= 4 is 5.70 Å². The first-order valence-corrected chi connectivity index (χ1v) is 5.17. The highest BCUT2D eigenvalue weighted by Crippen LogP contribution is 2.26. The molecule has 0 spiro atoms. The minimum atomic E-state index is -0.200. The second kappa shape index (κ2) is 3.96. The van der Waals surface area contributed by atoms with Crippen molar-refractivity contribution in [3.63, 3.8) is 0 Å². The molecule has 2 rings (SSSR count). The van der Waals surface area contributed by atoms with Gasteiger partial charge in [0.1, 0.15) is 5.83 Å². The Kier molecular flexibility index (Phi) is 2.66. The van der Waals surface area contributed by atoms with Gasteiger partial charge in [-0.15, -0.1) is 5.10 Å². The van der Waals surface area contributed by atoms with Crippen molar-refractivity contribution in [2.45, 2.75) is 32.6 Å². The van der Waals surface area contributed by atoms with Gasteiger partial charge in [-0.1, -0.05) is 25.1 Å². The van der Waals surface area contributed by atoms with Gasteiger partial charge in [0, 0.05) is 0 Å². The van der Waals surface area contributed by atoms with Crippen molar-refractivity contribution in [1.82, 2.24) is 15.0 Å². The number of allylic oxidation sites excluding steroid dienone is 4. The van der Waals surface area contributed by atoms with Crippen LogP contribution in [-0.4, -0.2) is 15.0 Å². The Morgan fingerprint density at radius 1 is 1.33 bits per heavy atom. The molecule has 1 aromatic heterocycles. The first-order valence-electron chi connectivity index (χ1n) is 5.17. The fourth-order valence-corrected chi connectivity index (χ4v) is 1.64. The fourth-order valence-electron chi connectivity index (χ4n) is 1.64. The van der Waals surface area contributed by atoms with Gasteiger partial charge in [-0.25, -0.2) is 9.07 Å². The highest BCUT2D eigenvalue weighted by Gasteiger charge is 2.16. The van der Waals surface area contributed by atoms with Gasteiger partial charge in [0.05, 0.1) is 17.6 Å². The minimum absolute atomic E-state index is 0.200. The van der Waals surface area contributed by atoms with E-state index in [4.69, 9.17) is 0 Å². The van der Waals surface area contributed by atoms with E-state index in [9.17, 15) is 4.39 Å². The predicted molar refractivity (Wildman–Crippen MR) is 56.8 cm³/mol. The van der Waals surface area contributed by atoms with E-state index in [1.165, 1.54) is 0 Å². The summed E-state index contributed by atoms with van der Waals surface area (Å²) in [7, 11) is 0. The first kappa shape index (κ1) is 10.1. The quantitative estimate of drug-likeness (QED) is 0.746. The Bertz CT molecular complexity index is 415. The average molecular weight is 207 g/mol. The summed E-state index contributed by atoms with van der Waals surface area (Å²) in [6.45, 7) is 4.08. The van der Waals surface area contributed by atoms with Crippen molar-refractivity contribution < 1.29 is 4.39 Å². The smallest absolute Gasteiger partial charge is 0.144 e. The molecule has 0 N–H and O–H groups in total. The van der Waals surface area contributed by atoms with Crippen LogP contribution in [0.2, 0.25) is 0 Å². The second-order valence-corrected chi connectivity index (χ2v) is 3.94. The van der Waals surface area contributed by atoms with Gasteiger partial charge in [-0.3, -0.25) is 0 Å². The molecule has 3 nitrogen and oxygen atoms in total. The zero-order chi connectivity index (χ0) is 10.8. The van der Waals surface area contributed by atoms with Crippen LogP contribution in [0.25, 0.3) is 5.70 Å². The molecule has 0 atom stereocenters. The molecule has 1 aliphatic rings. The maximum absolute atomic E-state index is 13.6. The van der Waals surface area contributed by atoms with Crippen molar-refractivity contribution in [3.8, 4) is 0 Å². The number of halogens is 1. The Hall–Kier alpha value is -1.45. The molecule has 1 aromatic rings. The Morgan fingerprint density at radius 2 is 2.07 bits per heavy atom. The number of aromatic nitrogens is 3. The third kappa shape index (κ3) is 1.84. The van der Waals surface area contributed by atoms with Crippen LogP contribution in [0, 0.1) is 0 Å². The molecule has 0 saturated heterocycles. The summed E-state index contributed by atoms with van der Waals surface area (Å²) in [5, 5.41) is 7.76. The largest absolute Gasteiger partial charge is 0.215 e. The molecule has 0 unspecified atom stereocenters. The normalized spacial score (nSPS) is 16.5. The number of rotatable bonds is 2. The van der Waals surface area contributed by atoms with Crippen LogP contribution in [-0.2, 0) is 0 Å². The van der Waals surface area contributed by atoms with E-state index in [0.717, 1.165) is 18.5 Å². The second-order valence-electron chi connectivity index (χ2n) is 3.94. The Balaban J connectivity index is 2.41. The van der Waals surface area contributed by atoms with E-state index >= 15 is 0 Å². The molecule has 0 radical (unpaired) electrons. The van der Waals surface area contributed by atoms with Crippen molar-refractivity contribution in [1.29, 1.82) is 0 Å². The van der Waals surface area contributed by atoms with Crippen LogP contribution in [0.3, 0.4) is 0 Å². The third-order valence-electron chi connectivity index (χ3n) is 2.47. The molecule has 0 amide bonds. The fraction of sp³-hybridized carbons (Fsp3) is 0.455. The van der Waals surface area contributed by atoms with Crippen molar-refractivity contribution in [3.05, 3.63) is 29.9 Å². The molecule has 1 heterocycles. The maximum Gasteiger partial charge on any atom is 0.144 e. The number of hydrogen-bond donors (Lipinski definition) is 0. The van der Waals surface area contributed by atoms with E-state index in [0.29, 0.717) is 5.70 Å². The summed E-state index contributed by atoms with van der Waals surface area (Å²) in [6, 6.07) is 0. The molecule has 0 aromatic carbocycles. The van der Waals surface area contributed by atoms with Gasteiger partial charge >= 0.3 is 0 Å². The minimum Gasteiger partial charge on any atom is -0.215 e. The van der Waals surface area contributed by atoms with E-state index in [1.807, 2.05) is 19.9 Å². The standard InChI is InChI=1S/C11H14FN3/c1-8(2)11-7-13-14-15(11)10-6-4-3-5-9(10)12/h5-8H,3-4H2,1-2H3. The van der Waals surface area contributed by atoms with E-state index in [1.54, 1.807) is 17.0 Å². The molecule has 0 bridgehead atoms. The van der Waals surface area contributed by atoms with Crippen molar-refractivity contribution in [2.24, 2.45) is 0 Å². The molecule has 4 heteroatoms. The van der Waals surface area contributed by atoms with Gasteiger partial charge < -0.3 is 0 Å². The Morgan fingerprint density at radius 3 is 2.73 bits per heavy atom. The van der Waals surface area contributed by atoms with Crippen LogP contribution in [0.15, 0.2) is 24.2 Å². The predicted octanol–water partition coefficient (Wildman–Crippen LogP) is 2.89. The summed E-state index contributed by atoms with van der Waals surface area (Å²) in [5.41, 5.74) is 1.47. The van der Waals surface area contributed by atoms with Gasteiger partial charge in [0.15, 0.2) is 0 Å². The molecule has 1 aliphatic carbocycles. The first-order chi connectivity index (χ1) is 7.20. The molecule has 80 valence electrons. The zero-order valence-corrected chi connectivity index (χ0v) is 8.94. The summed E-state index contributed by atoms with van der Waals surface area (Å²) in [5.74, 6) is 0.0873. The summed E-state index contributed by atoms with van der Waals surface area (Å²) in [4.78, 5) is 0. The van der Waals surface area contributed by atoms with Crippen LogP contribution in [0.4, 0.5) is 4.39 Å². The zero-order valence-electron chi connectivity index (χ0n) is 8.94. The molecule has 0 saturated carbocycles. The van der Waals surface area contributed by atoms with Gasteiger partial charge in [-0.2, -0.15) is 0 Å². The van der Waals surface area contributed by atoms with Crippen LogP contribution < -0.4 is 0 Å². The van der Waals surface area contributed by atoms with Crippen LogP contribution >= 0.6 is 0 Å². The lowest BCUT2D eigenvalue weighted by Gasteiger charge is -2.13. The average Bonchev–Trinajstić information content (AvgIpc) is 2.67. The molecule has 0 fully saturated rings. The van der Waals surface area contributed by atoms with E-state index in [-0.39, 0.29) is 11.7 Å². The molecule has 15 heavy (non-hydrogen) atoms. The van der Waals surface area contributed by atoms with Crippen molar-refractivity contribution in [2.75, 3.05) is 0 Å². The van der Waals surface area contributed by atoms with Gasteiger partial charge in [0.25, 0.3) is 0 Å². The monoisotopic (exact) mass is 207 g/mol. The lowest BCUT2D eigenvalue weighted by molar-refractivity contribution is 0.623. The number of hydrogen-bond acceptors (Lipinski definition) is 2. The summed E-state index contributed by atoms with van der Waals surface area (Å²) < 4.78 is 15.2. The Labute approximate surface area is 88.3 Å². The highest BCUT2D eigenvalue weighted by atomic mass is 19.1. The number of nitrogens with zero attached hydrogens (tertiary/aromatic N) is 3. The maximum atomic E-state index is 13.6. The summed E-state index contributed by atoms with van der Waals surface area (Å²) >= 11 is 0. The lowest BCUT2D eigenvalue weighted by Crippen LogP contribution is -2.08.